The molecule has 0 radical (unpaired) electrons. The quantitative estimate of drug-likeness (QED) is 0.662. The van der Waals surface area contributed by atoms with Crippen LogP contribution in [-0.4, -0.2) is 24.7 Å². The van der Waals surface area contributed by atoms with E-state index >= 15 is 0 Å². The van der Waals surface area contributed by atoms with Gasteiger partial charge in [-0.3, -0.25) is 4.79 Å². The molecule has 0 spiro atoms. The molecule has 0 bridgehead atoms. The Morgan fingerprint density at radius 3 is 3.00 bits per heavy atom. The van der Waals surface area contributed by atoms with Crippen LogP contribution in [0.25, 0.3) is 0 Å². The van der Waals surface area contributed by atoms with E-state index in [0.29, 0.717) is 19.4 Å². The van der Waals surface area contributed by atoms with E-state index in [0.717, 1.165) is 12.8 Å². The van der Waals surface area contributed by atoms with Gasteiger partial charge in [-0.05, 0) is 31.8 Å². The summed E-state index contributed by atoms with van der Waals surface area (Å²) >= 11 is 0. The molecule has 0 aromatic heterocycles. The van der Waals surface area contributed by atoms with Crippen LogP contribution in [-0.2, 0) is 4.79 Å². The molecule has 1 amide bonds. The van der Waals surface area contributed by atoms with Crippen LogP contribution < -0.4 is 11.1 Å². The van der Waals surface area contributed by atoms with Gasteiger partial charge in [0, 0.05) is 12.6 Å². The average Bonchev–Trinajstić information content (AvgIpc) is 2.12. The van der Waals surface area contributed by atoms with Crippen molar-refractivity contribution in [3.05, 3.63) is 12.2 Å². The third kappa shape index (κ3) is 4.37. The van der Waals surface area contributed by atoms with Gasteiger partial charge < -0.3 is 11.1 Å². The minimum Gasteiger partial charge on any atom is -0.366 e. The first-order valence-corrected chi connectivity index (χ1v) is 5.02. The third-order valence-corrected chi connectivity index (χ3v) is 2.42. The third-order valence-electron chi connectivity index (χ3n) is 2.42. The van der Waals surface area contributed by atoms with Crippen LogP contribution in [0.3, 0.4) is 0 Å². The number of primary amides is 1. The molecule has 1 rings (SSSR count). The van der Waals surface area contributed by atoms with E-state index in [1.54, 1.807) is 6.08 Å². The van der Waals surface area contributed by atoms with Gasteiger partial charge in [0.15, 0.2) is 0 Å². The molecule has 1 aliphatic rings. The maximum Gasteiger partial charge on any atom is 0.241 e. The van der Waals surface area contributed by atoms with Crippen molar-refractivity contribution in [3.63, 3.8) is 0 Å². The number of hydrogen-bond donors (Lipinski definition) is 2. The highest BCUT2D eigenvalue weighted by atomic mass is 19.1. The first-order chi connectivity index (χ1) is 6.68. The molecule has 1 fully saturated rings. The second kappa shape index (κ2) is 5.75. The van der Waals surface area contributed by atoms with Gasteiger partial charge in [-0.1, -0.05) is 6.08 Å². The molecule has 3 N–H and O–H groups in total. The Morgan fingerprint density at radius 2 is 2.36 bits per heavy atom. The highest BCUT2D eigenvalue weighted by Gasteiger charge is 2.20. The number of carbonyl (C=O) groups is 1. The summed E-state index contributed by atoms with van der Waals surface area (Å²) in [7, 11) is 0. The highest BCUT2D eigenvalue weighted by molar-refractivity contribution is 5.85. The van der Waals surface area contributed by atoms with Crippen LogP contribution in [0.2, 0.25) is 0 Å². The minimum atomic E-state index is -0.665. The molecule has 3 nitrogen and oxygen atoms in total. The van der Waals surface area contributed by atoms with Crippen LogP contribution >= 0.6 is 0 Å². The van der Waals surface area contributed by atoms with Gasteiger partial charge in [-0.25, -0.2) is 4.39 Å². The smallest absolute Gasteiger partial charge is 0.241 e. The maximum atomic E-state index is 12.9. The van der Waals surface area contributed by atoms with Crippen molar-refractivity contribution in [1.82, 2.24) is 5.32 Å². The number of carbonyl (C=O) groups excluding carboxylic acids is 1. The largest absolute Gasteiger partial charge is 0.366 e. The Kier molecular flexibility index (Phi) is 4.59. The van der Waals surface area contributed by atoms with Crippen molar-refractivity contribution >= 4 is 5.91 Å². The predicted molar refractivity (Wildman–Crippen MR) is 53.5 cm³/mol. The fourth-order valence-corrected chi connectivity index (χ4v) is 1.73. The van der Waals surface area contributed by atoms with Crippen molar-refractivity contribution in [2.24, 2.45) is 5.73 Å². The summed E-state index contributed by atoms with van der Waals surface area (Å²) in [5.41, 5.74) is 4.92. The molecule has 14 heavy (non-hydrogen) atoms. The van der Waals surface area contributed by atoms with E-state index in [9.17, 15) is 9.18 Å². The SMILES string of the molecule is NC(=O)C=CCN[C@@H]1CCC[C@H](F)C1. The first kappa shape index (κ1) is 11.2. The Hall–Kier alpha value is -0.900. The van der Waals surface area contributed by atoms with Crippen LogP contribution in [0.5, 0.6) is 0 Å². The maximum absolute atomic E-state index is 12.9. The van der Waals surface area contributed by atoms with Gasteiger partial charge in [-0.2, -0.15) is 0 Å². The number of nitrogens with two attached hydrogens (primary N) is 1. The molecule has 0 aromatic rings. The molecular weight excluding hydrogens is 183 g/mol. The Labute approximate surface area is 83.5 Å². The molecule has 0 saturated heterocycles. The van der Waals surface area contributed by atoms with Crippen molar-refractivity contribution in [2.45, 2.75) is 37.9 Å². The number of nitrogens with one attached hydrogen (secondary N) is 1. The van der Waals surface area contributed by atoms with E-state index in [1.807, 2.05) is 0 Å². The van der Waals surface area contributed by atoms with Crippen molar-refractivity contribution in [2.75, 3.05) is 6.54 Å². The summed E-state index contributed by atoms with van der Waals surface area (Å²) in [5.74, 6) is -0.446. The highest BCUT2D eigenvalue weighted by Crippen LogP contribution is 2.20. The molecule has 1 aliphatic carbocycles. The number of alkyl halides is 1. The van der Waals surface area contributed by atoms with E-state index < -0.39 is 12.1 Å². The van der Waals surface area contributed by atoms with Crippen LogP contribution in [0.4, 0.5) is 4.39 Å². The zero-order valence-electron chi connectivity index (χ0n) is 8.21. The van der Waals surface area contributed by atoms with Gasteiger partial charge in [0.1, 0.15) is 6.17 Å². The molecule has 0 aromatic carbocycles. The fourth-order valence-electron chi connectivity index (χ4n) is 1.73. The minimum absolute atomic E-state index is 0.247. The molecular formula is C10H17FN2O. The van der Waals surface area contributed by atoms with Gasteiger partial charge in [-0.15, -0.1) is 0 Å². The Bertz CT molecular complexity index is 218. The summed E-state index contributed by atoms with van der Waals surface area (Å²) in [5, 5.41) is 3.17. The molecule has 1 saturated carbocycles. The molecule has 80 valence electrons. The lowest BCUT2D eigenvalue weighted by atomic mass is 9.94. The zero-order valence-corrected chi connectivity index (χ0v) is 8.21. The predicted octanol–water partition coefficient (Wildman–Crippen LogP) is 0.898. The summed E-state index contributed by atoms with van der Waals surface area (Å²) in [6.07, 6.45) is 5.57. The average molecular weight is 200 g/mol. The van der Waals surface area contributed by atoms with Gasteiger partial charge in [0.2, 0.25) is 5.91 Å². The molecule has 2 atom stereocenters. The van der Waals surface area contributed by atoms with Gasteiger partial charge >= 0.3 is 0 Å². The van der Waals surface area contributed by atoms with E-state index in [2.05, 4.69) is 5.32 Å². The van der Waals surface area contributed by atoms with Crippen LogP contribution in [0.15, 0.2) is 12.2 Å². The van der Waals surface area contributed by atoms with E-state index in [1.165, 1.54) is 6.08 Å². The standard InChI is InChI=1S/C10H17FN2O/c11-8-3-1-4-9(7-8)13-6-2-5-10(12)14/h2,5,8-9,13H,1,3-4,6-7H2,(H2,12,14)/t8-,9+/m0/s1. The van der Waals surface area contributed by atoms with Gasteiger partial charge in [0.05, 0.1) is 0 Å². The van der Waals surface area contributed by atoms with Gasteiger partial charge in [0.25, 0.3) is 0 Å². The molecule has 0 heterocycles. The first-order valence-electron chi connectivity index (χ1n) is 5.02. The number of halogens is 1. The lowest BCUT2D eigenvalue weighted by Gasteiger charge is -2.24. The second-order valence-electron chi connectivity index (χ2n) is 3.67. The topological polar surface area (TPSA) is 55.1 Å². The summed E-state index contributed by atoms with van der Waals surface area (Å²) in [6.45, 7) is 0.584. The normalized spacial score (nSPS) is 28.1. The van der Waals surface area contributed by atoms with Crippen molar-refractivity contribution < 1.29 is 9.18 Å². The summed E-state index contributed by atoms with van der Waals surface area (Å²) < 4.78 is 12.9. The summed E-state index contributed by atoms with van der Waals surface area (Å²) in [6, 6.07) is 0.247. The van der Waals surface area contributed by atoms with E-state index in [-0.39, 0.29) is 6.04 Å². The van der Waals surface area contributed by atoms with Crippen LogP contribution in [0, 0.1) is 0 Å². The Balaban J connectivity index is 2.14. The Morgan fingerprint density at radius 1 is 1.57 bits per heavy atom. The second-order valence-corrected chi connectivity index (χ2v) is 3.67. The van der Waals surface area contributed by atoms with Crippen molar-refractivity contribution in [1.29, 1.82) is 0 Å². The molecule has 0 unspecified atom stereocenters. The molecule has 0 aliphatic heterocycles. The van der Waals surface area contributed by atoms with E-state index in [4.69, 9.17) is 5.73 Å². The van der Waals surface area contributed by atoms with Crippen molar-refractivity contribution in [3.8, 4) is 0 Å². The number of amides is 1. The number of rotatable bonds is 4. The zero-order chi connectivity index (χ0) is 10.4. The lowest BCUT2D eigenvalue weighted by molar-refractivity contribution is -0.113. The number of hydrogen-bond acceptors (Lipinski definition) is 2. The molecule has 4 heteroatoms. The van der Waals surface area contributed by atoms with Crippen LogP contribution in [0.1, 0.15) is 25.7 Å². The summed E-state index contributed by atoms with van der Waals surface area (Å²) in [4.78, 5) is 10.4. The lowest BCUT2D eigenvalue weighted by Crippen LogP contribution is -2.34. The fraction of sp³-hybridized carbons (Fsp3) is 0.700. The monoisotopic (exact) mass is 200 g/mol.